The Balaban J connectivity index is 2.26. The van der Waals surface area contributed by atoms with Crippen molar-refractivity contribution in [2.75, 3.05) is 14.2 Å². The van der Waals surface area contributed by atoms with Crippen molar-refractivity contribution < 1.29 is 14.4 Å². The molecule has 0 saturated heterocycles. The summed E-state index contributed by atoms with van der Waals surface area (Å²) in [5.74, 6) is 0.193. The number of carbonyl (C=O) groups is 1. The van der Waals surface area contributed by atoms with E-state index >= 15 is 0 Å². The molecule has 2 rings (SSSR count). The highest BCUT2D eigenvalue weighted by Crippen LogP contribution is 2.29. The summed E-state index contributed by atoms with van der Waals surface area (Å²) in [6.07, 6.45) is 1.88. The number of nitrogens with zero attached hydrogens (tertiary/aromatic N) is 1. The first kappa shape index (κ1) is 21.5. The first-order valence-electron chi connectivity index (χ1n) is 7.82. The van der Waals surface area contributed by atoms with Crippen molar-refractivity contribution in [3.05, 3.63) is 67.6 Å². The van der Waals surface area contributed by atoms with Gasteiger partial charge >= 0.3 is 0 Å². The second kappa shape index (κ2) is 10.5. The van der Waals surface area contributed by atoms with Gasteiger partial charge in [-0.3, -0.25) is 4.79 Å². The average Bonchev–Trinajstić information content (AvgIpc) is 2.65. The van der Waals surface area contributed by atoms with E-state index in [2.05, 4.69) is 42.3 Å². The zero-order valence-electron chi connectivity index (χ0n) is 14.6. The van der Waals surface area contributed by atoms with Crippen LogP contribution in [0.4, 0.5) is 0 Å². The number of ether oxygens (including phenoxy) is 1. The Morgan fingerprint density at radius 1 is 1.26 bits per heavy atom. The molecule has 0 heterocycles. The van der Waals surface area contributed by atoms with Crippen molar-refractivity contribution >= 4 is 61.2 Å². The third kappa shape index (κ3) is 6.09. The first-order valence-corrected chi connectivity index (χ1v) is 9.79. The highest BCUT2D eigenvalue weighted by Gasteiger charge is 2.17. The second-order valence-corrected chi connectivity index (χ2v) is 8.45. The second-order valence-electron chi connectivity index (χ2n) is 5.27. The molecule has 0 bridgehead atoms. The van der Waals surface area contributed by atoms with Gasteiger partial charge < -0.3 is 14.9 Å². The van der Waals surface area contributed by atoms with Gasteiger partial charge in [0.2, 0.25) is 0 Å². The van der Waals surface area contributed by atoms with E-state index in [0.717, 1.165) is 14.5 Å². The molecule has 2 aromatic carbocycles. The van der Waals surface area contributed by atoms with Crippen LogP contribution in [0.2, 0.25) is 5.02 Å². The van der Waals surface area contributed by atoms with Gasteiger partial charge in [0.25, 0.3) is 5.91 Å². The van der Waals surface area contributed by atoms with E-state index in [1.54, 1.807) is 18.2 Å². The van der Waals surface area contributed by atoms with E-state index < -0.39 is 0 Å². The molecule has 0 aliphatic heterocycles. The molecule has 0 aliphatic carbocycles. The maximum atomic E-state index is 12.1. The molecule has 0 fully saturated rings. The standard InChI is InChI=1S/C19H17Br2ClN2O3/c1-23-19(25)18(24-26-2)14-6-4-3-5-13(14)11-27-16-8-7-12(9-15(16)22)10-17(20)21/h3-10H,11H2,1-2H3,(H,23,25). The van der Waals surface area contributed by atoms with Crippen molar-refractivity contribution in [1.82, 2.24) is 5.32 Å². The summed E-state index contributed by atoms with van der Waals surface area (Å²) in [6.45, 7) is 0.215. The highest BCUT2D eigenvalue weighted by molar-refractivity contribution is 9.28. The van der Waals surface area contributed by atoms with E-state index in [1.165, 1.54) is 14.2 Å². The smallest absolute Gasteiger partial charge is 0.273 e. The van der Waals surface area contributed by atoms with Crippen molar-refractivity contribution in [2.24, 2.45) is 5.16 Å². The Morgan fingerprint density at radius 3 is 2.63 bits per heavy atom. The van der Waals surface area contributed by atoms with Crippen LogP contribution in [0.15, 0.2) is 51.0 Å². The Labute approximate surface area is 179 Å². The van der Waals surface area contributed by atoms with Gasteiger partial charge in [0.05, 0.1) is 8.41 Å². The van der Waals surface area contributed by atoms with E-state index in [4.69, 9.17) is 21.2 Å². The summed E-state index contributed by atoms with van der Waals surface area (Å²) in [5, 5.41) is 6.89. The third-order valence-electron chi connectivity index (χ3n) is 3.51. The lowest BCUT2D eigenvalue weighted by Gasteiger charge is -2.13. The summed E-state index contributed by atoms with van der Waals surface area (Å²) in [7, 11) is 2.93. The molecule has 142 valence electrons. The molecule has 0 unspecified atom stereocenters. The molecule has 1 N–H and O–H groups in total. The Kier molecular flexibility index (Phi) is 8.34. The molecule has 1 amide bonds. The molecule has 0 spiro atoms. The fourth-order valence-electron chi connectivity index (χ4n) is 2.31. The van der Waals surface area contributed by atoms with Gasteiger partial charge in [0, 0.05) is 12.6 Å². The molecule has 8 heteroatoms. The SMILES string of the molecule is CNC(=O)C(=NOC)c1ccccc1COc1ccc(C=C(Br)Br)cc1Cl. The van der Waals surface area contributed by atoms with Crippen LogP contribution in [-0.2, 0) is 16.2 Å². The fourth-order valence-corrected chi connectivity index (χ4v) is 3.08. The summed E-state index contributed by atoms with van der Waals surface area (Å²) in [6, 6.07) is 12.8. The van der Waals surface area contributed by atoms with Gasteiger partial charge in [-0.1, -0.05) is 47.1 Å². The van der Waals surface area contributed by atoms with Crippen molar-refractivity contribution in [3.63, 3.8) is 0 Å². The Bertz CT molecular complexity index is 881. The van der Waals surface area contributed by atoms with Gasteiger partial charge in [-0.15, -0.1) is 0 Å². The first-order chi connectivity index (χ1) is 13.0. The maximum absolute atomic E-state index is 12.1. The summed E-state index contributed by atoms with van der Waals surface area (Å²) < 4.78 is 6.67. The van der Waals surface area contributed by atoms with Gasteiger partial charge in [-0.25, -0.2) is 0 Å². The van der Waals surface area contributed by atoms with Crippen LogP contribution in [0.1, 0.15) is 16.7 Å². The van der Waals surface area contributed by atoms with E-state index in [1.807, 2.05) is 30.3 Å². The molecular formula is C19H17Br2ClN2O3. The third-order valence-corrected chi connectivity index (χ3v) is 4.27. The molecule has 0 radical (unpaired) electrons. The van der Waals surface area contributed by atoms with Crippen LogP contribution in [0.5, 0.6) is 5.75 Å². The van der Waals surface area contributed by atoms with Gasteiger partial charge in [0.15, 0.2) is 5.71 Å². The molecule has 27 heavy (non-hydrogen) atoms. The quantitative estimate of drug-likeness (QED) is 0.411. The lowest BCUT2D eigenvalue weighted by atomic mass is 10.0. The van der Waals surface area contributed by atoms with Crippen molar-refractivity contribution in [1.29, 1.82) is 0 Å². The van der Waals surface area contributed by atoms with Crippen LogP contribution in [-0.4, -0.2) is 25.8 Å². The number of benzene rings is 2. The predicted octanol–water partition coefficient (Wildman–Crippen LogP) is 5.10. The molecule has 5 nitrogen and oxygen atoms in total. The van der Waals surface area contributed by atoms with Crippen LogP contribution in [0.3, 0.4) is 0 Å². The Hall–Kier alpha value is -1.83. The number of rotatable bonds is 7. The number of halogens is 3. The van der Waals surface area contributed by atoms with Crippen molar-refractivity contribution in [3.8, 4) is 5.75 Å². The zero-order valence-corrected chi connectivity index (χ0v) is 18.6. The number of oxime groups is 1. The van der Waals surface area contributed by atoms with Gasteiger partial charge in [-0.05, 0) is 61.2 Å². The number of hydrogen-bond acceptors (Lipinski definition) is 4. The number of amides is 1. The minimum absolute atomic E-state index is 0.174. The molecular weight excluding hydrogens is 499 g/mol. The van der Waals surface area contributed by atoms with Crippen LogP contribution in [0.25, 0.3) is 6.08 Å². The molecule has 0 aliphatic rings. The van der Waals surface area contributed by atoms with Crippen LogP contribution >= 0.6 is 43.5 Å². The van der Waals surface area contributed by atoms with E-state index in [-0.39, 0.29) is 18.2 Å². The predicted molar refractivity (Wildman–Crippen MR) is 116 cm³/mol. The summed E-state index contributed by atoms with van der Waals surface area (Å²) in [5.41, 5.74) is 2.50. The number of hydrogen-bond donors (Lipinski definition) is 1. The van der Waals surface area contributed by atoms with Crippen molar-refractivity contribution in [2.45, 2.75) is 6.61 Å². The molecule has 0 aromatic heterocycles. The van der Waals surface area contributed by atoms with E-state index in [9.17, 15) is 4.79 Å². The number of carbonyl (C=O) groups excluding carboxylic acids is 1. The average molecular weight is 517 g/mol. The summed E-state index contributed by atoms with van der Waals surface area (Å²) in [4.78, 5) is 16.9. The molecule has 0 saturated carbocycles. The Morgan fingerprint density at radius 2 is 2.00 bits per heavy atom. The van der Waals surface area contributed by atoms with Gasteiger partial charge in [-0.2, -0.15) is 0 Å². The number of nitrogens with one attached hydrogen (secondary N) is 1. The fraction of sp³-hybridized carbons (Fsp3) is 0.158. The lowest BCUT2D eigenvalue weighted by Crippen LogP contribution is -2.29. The topological polar surface area (TPSA) is 59.9 Å². The van der Waals surface area contributed by atoms with Crippen LogP contribution in [0, 0.1) is 0 Å². The molecule has 0 atom stereocenters. The van der Waals surface area contributed by atoms with E-state index in [0.29, 0.717) is 16.3 Å². The minimum atomic E-state index is -0.348. The number of likely N-dealkylation sites (N-methyl/N-ethyl adjacent to an activating group) is 1. The van der Waals surface area contributed by atoms with Gasteiger partial charge in [0.1, 0.15) is 19.5 Å². The lowest BCUT2D eigenvalue weighted by molar-refractivity contribution is -0.114. The normalized spacial score (nSPS) is 10.9. The largest absolute Gasteiger partial charge is 0.487 e. The zero-order chi connectivity index (χ0) is 19.8. The monoisotopic (exact) mass is 514 g/mol. The minimum Gasteiger partial charge on any atom is -0.487 e. The highest BCUT2D eigenvalue weighted by atomic mass is 79.9. The van der Waals surface area contributed by atoms with Crippen LogP contribution < -0.4 is 10.1 Å². The summed E-state index contributed by atoms with van der Waals surface area (Å²) >= 11 is 12.9. The maximum Gasteiger partial charge on any atom is 0.273 e. The molecule has 2 aromatic rings.